The fourth-order valence-electron chi connectivity index (χ4n) is 7.16. The first kappa shape index (κ1) is 19.0. The molecule has 0 aliphatic heterocycles. The molecule has 0 N–H and O–H groups in total. The Labute approximate surface area is 163 Å². The molecule has 0 aromatic rings. The van der Waals surface area contributed by atoms with E-state index in [9.17, 15) is 9.59 Å². The maximum absolute atomic E-state index is 12.5. The van der Waals surface area contributed by atoms with Crippen LogP contribution in [0, 0.1) is 35.0 Å². The zero-order valence-electron chi connectivity index (χ0n) is 17.1. The summed E-state index contributed by atoms with van der Waals surface area (Å²) in [5, 5.41) is 0. The van der Waals surface area contributed by atoms with Crippen LogP contribution in [0.2, 0.25) is 0 Å². The van der Waals surface area contributed by atoms with Crippen molar-refractivity contribution < 1.29 is 14.3 Å². The summed E-state index contributed by atoms with van der Waals surface area (Å²) in [5.74, 6) is 2.97. The lowest BCUT2D eigenvalue weighted by Gasteiger charge is -2.53. The van der Waals surface area contributed by atoms with Crippen LogP contribution < -0.4 is 0 Å². The molecular formula is C24H34O3. The Morgan fingerprint density at radius 1 is 1.33 bits per heavy atom. The highest BCUT2D eigenvalue weighted by molar-refractivity contribution is 5.93. The van der Waals surface area contributed by atoms with Gasteiger partial charge < -0.3 is 4.74 Å². The predicted octanol–water partition coefficient (Wildman–Crippen LogP) is 5.25. The van der Waals surface area contributed by atoms with Crippen LogP contribution in [0.5, 0.6) is 0 Å². The van der Waals surface area contributed by atoms with Crippen molar-refractivity contribution in [1.82, 2.24) is 0 Å². The number of hydrogen-bond acceptors (Lipinski definition) is 3. The van der Waals surface area contributed by atoms with Crippen molar-refractivity contribution in [2.75, 3.05) is 0 Å². The van der Waals surface area contributed by atoms with Gasteiger partial charge in [-0.05, 0) is 80.3 Å². The monoisotopic (exact) mass is 370 g/mol. The van der Waals surface area contributed by atoms with Gasteiger partial charge in [0.25, 0.3) is 0 Å². The second-order valence-electron chi connectivity index (χ2n) is 9.82. The topological polar surface area (TPSA) is 43.4 Å². The lowest BCUT2D eigenvalue weighted by Crippen LogP contribution is -2.49. The molecule has 0 spiro atoms. The largest absolute Gasteiger partial charge is 0.457 e. The van der Waals surface area contributed by atoms with Crippen LogP contribution in [-0.4, -0.2) is 17.9 Å². The Hall–Kier alpha value is -1.38. The van der Waals surface area contributed by atoms with Crippen LogP contribution in [0.1, 0.15) is 72.1 Å². The number of ether oxygens (including phenoxy) is 1. The first-order valence-electron chi connectivity index (χ1n) is 10.9. The maximum Gasteiger partial charge on any atom is 0.303 e. The van der Waals surface area contributed by atoms with E-state index >= 15 is 0 Å². The van der Waals surface area contributed by atoms with E-state index in [1.54, 1.807) is 0 Å². The van der Waals surface area contributed by atoms with E-state index in [0.717, 1.165) is 44.1 Å². The molecule has 3 saturated carbocycles. The summed E-state index contributed by atoms with van der Waals surface area (Å²) in [5.41, 5.74) is 2.59. The summed E-state index contributed by atoms with van der Waals surface area (Å²) in [6, 6.07) is 0. The average Bonchev–Trinajstić information content (AvgIpc) is 2.86. The van der Waals surface area contributed by atoms with Crippen LogP contribution in [0.15, 0.2) is 23.8 Å². The molecule has 0 saturated heterocycles. The highest BCUT2D eigenvalue weighted by atomic mass is 16.5. The summed E-state index contributed by atoms with van der Waals surface area (Å²) >= 11 is 0. The van der Waals surface area contributed by atoms with Crippen molar-refractivity contribution in [2.45, 2.75) is 78.2 Å². The quantitative estimate of drug-likeness (QED) is 0.503. The Bertz CT molecular complexity index is 690. The second kappa shape index (κ2) is 6.90. The van der Waals surface area contributed by atoms with Crippen molar-refractivity contribution in [3.8, 4) is 0 Å². The molecule has 0 bridgehead atoms. The van der Waals surface area contributed by atoms with Gasteiger partial charge in [-0.25, -0.2) is 0 Å². The summed E-state index contributed by atoms with van der Waals surface area (Å²) in [7, 11) is 0. The maximum atomic E-state index is 12.5. The predicted molar refractivity (Wildman–Crippen MR) is 106 cm³/mol. The molecule has 0 aromatic heterocycles. The third-order valence-corrected chi connectivity index (χ3v) is 8.33. The minimum absolute atomic E-state index is 0.0401. The smallest absolute Gasteiger partial charge is 0.303 e. The van der Waals surface area contributed by atoms with E-state index in [4.69, 9.17) is 4.74 Å². The van der Waals surface area contributed by atoms with Gasteiger partial charge in [-0.1, -0.05) is 32.4 Å². The fourth-order valence-corrected chi connectivity index (χ4v) is 7.16. The summed E-state index contributed by atoms with van der Waals surface area (Å²) in [4.78, 5) is 24.1. The van der Waals surface area contributed by atoms with Gasteiger partial charge in [0.05, 0.1) is 0 Å². The third kappa shape index (κ3) is 3.02. The Morgan fingerprint density at radius 2 is 2.11 bits per heavy atom. The van der Waals surface area contributed by atoms with Crippen LogP contribution in [0.4, 0.5) is 0 Å². The van der Waals surface area contributed by atoms with Gasteiger partial charge in [-0.3, -0.25) is 9.59 Å². The average molecular weight is 371 g/mol. The van der Waals surface area contributed by atoms with Crippen molar-refractivity contribution >= 4 is 11.8 Å². The zero-order valence-corrected chi connectivity index (χ0v) is 17.1. The first-order valence-corrected chi connectivity index (χ1v) is 10.9. The molecule has 3 nitrogen and oxygen atoms in total. The number of hydrogen-bond donors (Lipinski definition) is 0. The number of fused-ring (bicyclic) bond motifs is 5. The van der Waals surface area contributed by atoms with Gasteiger partial charge in [0.15, 0.2) is 5.78 Å². The Balaban J connectivity index is 1.59. The number of ketones is 1. The molecule has 0 radical (unpaired) electrons. The van der Waals surface area contributed by atoms with E-state index in [2.05, 4.69) is 20.4 Å². The van der Waals surface area contributed by atoms with Gasteiger partial charge in [0.2, 0.25) is 0 Å². The van der Waals surface area contributed by atoms with E-state index in [-0.39, 0.29) is 23.4 Å². The van der Waals surface area contributed by atoms with Crippen molar-refractivity contribution in [3.63, 3.8) is 0 Å². The molecule has 27 heavy (non-hydrogen) atoms. The van der Waals surface area contributed by atoms with E-state index in [1.165, 1.54) is 25.3 Å². The van der Waals surface area contributed by atoms with Crippen molar-refractivity contribution in [1.29, 1.82) is 0 Å². The molecule has 4 aliphatic rings. The molecule has 148 valence electrons. The van der Waals surface area contributed by atoms with E-state index < -0.39 is 0 Å². The molecule has 1 unspecified atom stereocenters. The van der Waals surface area contributed by atoms with Crippen LogP contribution in [-0.2, 0) is 14.3 Å². The summed E-state index contributed by atoms with van der Waals surface area (Å²) in [6.45, 7) is 10.3. The standard InChI is InChI=1S/C24H34O3/c1-5-6-17-12-20-16(13-22(17)26)7-8-19-18(20)9-10-24(4)21(19)11-14(2)23(24)27-15(3)25/h13,17-21,23H,2,5-12H2,1,3-4H3/t17?,18-,19+,20-,21-,23-,24-/m0/s1. The highest BCUT2D eigenvalue weighted by Gasteiger charge is 2.59. The number of esters is 1. The highest BCUT2D eigenvalue weighted by Crippen LogP contribution is 2.63. The molecule has 4 aliphatic carbocycles. The number of rotatable bonds is 3. The fraction of sp³-hybridized carbons (Fsp3) is 0.750. The lowest BCUT2D eigenvalue weighted by molar-refractivity contribution is -0.153. The molecule has 3 heteroatoms. The Morgan fingerprint density at radius 3 is 2.81 bits per heavy atom. The van der Waals surface area contributed by atoms with Gasteiger partial charge >= 0.3 is 5.97 Å². The van der Waals surface area contributed by atoms with Crippen LogP contribution in [0.25, 0.3) is 0 Å². The molecular weight excluding hydrogens is 336 g/mol. The Kier molecular flexibility index (Phi) is 4.84. The van der Waals surface area contributed by atoms with Crippen LogP contribution >= 0.6 is 0 Å². The zero-order chi connectivity index (χ0) is 19.3. The number of carbonyl (C=O) groups excluding carboxylic acids is 2. The number of carbonyl (C=O) groups is 2. The number of allylic oxidation sites excluding steroid dienone is 1. The molecule has 0 aromatic carbocycles. The first-order chi connectivity index (χ1) is 12.8. The van der Waals surface area contributed by atoms with Crippen molar-refractivity contribution in [3.05, 3.63) is 23.8 Å². The third-order valence-electron chi connectivity index (χ3n) is 8.33. The molecule has 3 fully saturated rings. The minimum Gasteiger partial charge on any atom is -0.457 e. The summed E-state index contributed by atoms with van der Waals surface area (Å²) < 4.78 is 5.75. The van der Waals surface area contributed by atoms with Gasteiger partial charge in [0, 0.05) is 18.3 Å². The molecule has 0 heterocycles. The van der Waals surface area contributed by atoms with Crippen molar-refractivity contribution in [2.24, 2.45) is 35.0 Å². The summed E-state index contributed by atoms with van der Waals surface area (Å²) in [6.07, 6.45) is 10.6. The SMILES string of the molecule is C=C1C[C@H]2[C@@H]3CCC4=CC(=O)C(CCC)C[C@@H]4[C@H]3CC[C@]2(C)[C@H]1OC(C)=O. The molecule has 7 atom stereocenters. The van der Waals surface area contributed by atoms with Crippen LogP contribution in [0.3, 0.4) is 0 Å². The van der Waals surface area contributed by atoms with Gasteiger partial charge in [-0.15, -0.1) is 0 Å². The molecule has 0 amide bonds. The minimum atomic E-state index is -0.188. The van der Waals surface area contributed by atoms with Gasteiger partial charge in [-0.2, -0.15) is 0 Å². The molecule has 4 rings (SSSR count). The lowest BCUT2D eigenvalue weighted by atomic mass is 9.51. The van der Waals surface area contributed by atoms with E-state index in [1.807, 2.05) is 6.08 Å². The van der Waals surface area contributed by atoms with Gasteiger partial charge in [0.1, 0.15) is 6.10 Å². The second-order valence-corrected chi connectivity index (χ2v) is 9.82. The normalized spacial score (nSPS) is 43.4. The van der Waals surface area contributed by atoms with E-state index in [0.29, 0.717) is 29.5 Å².